The van der Waals surface area contributed by atoms with E-state index in [0.717, 1.165) is 0 Å². The second-order valence-corrected chi connectivity index (χ2v) is 5.17. The number of nitrogens with one attached hydrogen (secondary N) is 1. The molecule has 1 unspecified atom stereocenters. The Labute approximate surface area is 117 Å². The average Bonchev–Trinajstić information content (AvgIpc) is 2.36. The van der Waals surface area contributed by atoms with Gasteiger partial charge in [0.05, 0.1) is 7.11 Å². The van der Waals surface area contributed by atoms with Crippen LogP contribution in [0.1, 0.15) is 26.3 Å². The van der Waals surface area contributed by atoms with Crippen LogP contribution in [0.3, 0.4) is 0 Å². The lowest BCUT2D eigenvalue weighted by molar-refractivity contribution is -0.143. The van der Waals surface area contributed by atoms with Gasteiger partial charge in [0.25, 0.3) is 0 Å². The zero-order valence-electron chi connectivity index (χ0n) is 12.0. The summed E-state index contributed by atoms with van der Waals surface area (Å²) in [4.78, 5) is 31.1. The lowest BCUT2D eigenvalue weighted by Crippen LogP contribution is -2.45. The fraction of sp³-hybridized carbons (Fsp3) is 0.538. The normalized spacial score (nSPS) is 12.4. The van der Waals surface area contributed by atoms with Crippen LogP contribution in [-0.4, -0.2) is 40.8 Å². The average molecular weight is 281 g/mol. The summed E-state index contributed by atoms with van der Waals surface area (Å²) in [6, 6.07) is -0.846. The maximum absolute atomic E-state index is 11.7. The van der Waals surface area contributed by atoms with Crippen molar-refractivity contribution in [3.63, 3.8) is 0 Å². The maximum Gasteiger partial charge on any atom is 0.408 e. The Balaban J connectivity index is 2.70. The molecule has 0 aliphatic carbocycles. The number of carbonyl (C=O) groups excluding carboxylic acids is 2. The molecule has 1 rings (SSSR count). The molecule has 1 amide bonds. The molecular weight excluding hydrogens is 262 g/mol. The van der Waals surface area contributed by atoms with Gasteiger partial charge in [0.15, 0.2) is 0 Å². The number of carbonyl (C=O) groups is 2. The van der Waals surface area contributed by atoms with E-state index in [1.807, 2.05) is 0 Å². The van der Waals surface area contributed by atoms with E-state index in [1.165, 1.54) is 13.4 Å². The lowest BCUT2D eigenvalue weighted by Gasteiger charge is -2.22. The van der Waals surface area contributed by atoms with Gasteiger partial charge in [-0.05, 0) is 26.3 Å². The number of nitrogens with zero attached hydrogens (tertiary/aromatic N) is 2. The summed E-state index contributed by atoms with van der Waals surface area (Å²) in [5.41, 5.74) is 0.0691. The first-order valence-corrected chi connectivity index (χ1v) is 6.13. The zero-order valence-corrected chi connectivity index (χ0v) is 12.0. The van der Waals surface area contributed by atoms with E-state index in [4.69, 9.17) is 4.74 Å². The summed E-state index contributed by atoms with van der Waals surface area (Å²) in [5, 5.41) is 2.48. The third-order valence-corrected chi connectivity index (χ3v) is 2.23. The Morgan fingerprint density at radius 2 is 1.90 bits per heavy atom. The van der Waals surface area contributed by atoms with Crippen LogP contribution in [-0.2, 0) is 20.7 Å². The summed E-state index contributed by atoms with van der Waals surface area (Å²) in [6.07, 6.45) is 4.08. The number of methoxy groups -OCH3 is 1. The highest BCUT2D eigenvalue weighted by atomic mass is 16.6. The highest BCUT2D eigenvalue weighted by Crippen LogP contribution is 2.08. The molecule has 20 heavy (non-hydrogen) atoms. The van der Waals surface area contributed by atoms with Crippen LogP contribution in [0.5, 0.6) is 0 Å². The standard InChI is InChI=1S/C13H19N3O4/c1-13(2,3)20-12(18)16-10(11(17)19-4)5-9-6-14-8-15-7-9/h6-8,10H,5H2,1-4H3,(H,16,18). The van der Waals surface area contributed by atoms with Gasteiger partial charge in [-0.2, -0.15) is 0 Å². The van der Waals surface area contributed by atoms with Crippen LogP contribution >= 0.6 is 0 Å². The Kier molecular flexibility index (Phi) is 5.42. The number of hydrogen-bond donors (Lipinski definition) is 1. The molecule has 0 bridgehead atoms. The number of aromatic nitrogens is 2. The third-order valence-electron chi connectivity index (χ3n) is 2.23. The second-order valence-electron chi connectivity index (χ2n) is 5.17. The first-order chi connectivity index (χ1) is 9.31. The van der Waals surface area contributed by atoms with Crippen LogP contribution in [0.15, 0.2) is 18.7 Å². The highest BCUT2D eigenvalue weighted by molar-refractivity contribution is 5.81. The molecule has 1 atom stereocenters. The molecule has 0 aliphatic rings. The molecule has 0 aromatic carbocycles. The summed E-state index contributed by atoms with van der Waals surface area (Å²) >= 11 is 0. The summed E-state index contributed by atoms with van der Waals surface area (Å²) < 4.78 is 9.78. The zero-order chi connectivity index (χ0) is 15.2. The van der Waals surface area contributed by atoms with Crippen molar-refractivity contribution in [3.8, 4) is 0 Å². The number of ether oxygens (including phenoxy) is 2. The third kappa shape index (κ3) is 5.64. The molecule has 0 radical (unpaired) electrons. The van der Waals surface area contributed by atoms with E-state index in [-0.39, 0.29) is 6.42 Å². The largest absolute Gasteiger partial charge is 0.467 e. The maximum atomic E-state index is 11.7. The summed E-state index contributed by atoms with van der Waals surface area (Å²) in [6.45, 7) is 5.22. The molecular formula is C13H19N3O4. The monoisotopic (exact) mass is 281 g/mol. The van der Waals surface area contributed by atoms with Gasteiger partial charge in [0.2, 0.25) is 0 Å². The quantitative estimate of drug-likeness (QED) is 0.831. The van der Waals surface area contributed by atoms with E-state index in [2.05, 4.69) is 20.0 Å². The summed E-state index contributed by atoms with van der Waals surface area (Å²) in [5.74, 6) is -0.556. The molecule has 0 fully saturated rings. The molecule has 0 spiro atoms. The number of amides is 1. The van der Waals surface area contributed by atoms with E-state index >= 15 is 0 Å². The Hall–Kier alpha value is -2.18. The molecule has 7 nitrogen and oxygen atoms in total. The van der Waals surface area contributed by atoms with Gasteiger partial charge in [0, 0.05) is 18.8 Å². The van der Waals surface area contributed by atoms with Crippen molar-refractivity contribution in [1.29, 1.82) is 0 Å². The molecule has 0 saturated carbocycles. The van der Waals surface area contributed by atoms with Crippen molar-refractivity contribution in [3.05, 3.63) is 24.3 Å². The van der Waals surface area contributed by atoms with Gasteiger partial charge >= 0.3 is 12.1 Å². The van der Waals surface area contributed by atoms with Crippen LogP contribution in [0.25, 0.3) is 0 Å². The Bertz CT molecular complexity index is 456. The molecule has 1 heterocycles. The first kappa shape index (κ1) is 15.9. The lowest BCUT2D eigenvalue weighted by atomic mass is 10.1. The van der Waals surface area contributed by atoms with Crippen molar-refractivity contribution in [1.82, 2.24) is 15.3 Å². The Morgan fingerprint density at radius 1 is 1.30 bits per heavy atom. The fourth-order valence-corrected chi connectivity index (χ4v) is 1.46. The van der Waals surface area contributed by atoms with Crippen LogP contribution < -0.4 is 5.32 Å². The van der Waals surface area contributed by atoms with Crippen LogP contribution in [0.2, 0.25) is 0 Å². The molecule has 110 valence electrons. The van der Waals surface area contributed by atoms with Crippen molar-refractivity contribution in [2.75, 3.05) is 7.11 Å². The summed E-state index contributed by atoms with van der Waals surface area (Å²) in [7, 11) is 1.26. The fourth-order valence-electron chi connectivity index (χ4n) is 1.46. The molecule has 1 N–H and O–H groups in total. The number of alkyl carbamates (subject to hydrolysis) is 1. The molecule has 7 heteroatoms. The van der Waals surface area contributed by atoms with Crippen molar-refractivity contribution < 1.29 is 19.1 Å². The van der Waals surface area contributed by atoms with E-state index in [0.29, 0.717) is 5.56 Å². The van der Waals surface area contributed by atoms with Crippen molar-refractivity contribution >= 4 is 12.1 Å². The SMILES string of the molecule is COC(=O)C(Cc1cncnc1)NC(=O)OC(C)(C)C. The van der Waals surface area contributed by atoms with Gasteiger partial charge in [-0.15, -0.1) is 0 Å². The minimum Gasteiger partial charge on any atom is -0.467 e. The number of esters is 1. The minimum atomic E-state index is -0.846. The molecule has 0 saturated heterocycles. The van der Waals surface area contributed by atoms with Crippen molar-refractivity contribution in [2.45, 2.75) is 38.8 Å². The first-order valence-electron chi connectivity index (χ1n) is 6.13. The predicted octanol–water partition coefficient (Wildman–Crippen LogP) is 1.09. The minimum absolute atomic E-state index is 0.229. The van der Waals surface area contributed by atoms with Gasteiger partial charge in [-0.25, -0.2) is 19.6 Å². The molecule has 1 aromatic heterocycles. The number of rotatable bonds is 4. The van der Waals surface area contributed by atoms with E-state index < -0.39 is 23.7 Å². The molecule has 1 aromatic rings. The topological polar surface area (TPSA) is 90.4 Å². The van der Waals surface area contributed by atoms with Gasteiger partial charge in [-0.1, -0.05) is 0 Å². The van der Waals surface area contributed by atoms with E-state index in [9.17, 15) is 9.59 Å². The Morgan fingerprint density at radius 3 is 2.40 bits per heavy atom. The van der Waals surface area contributed by atoms with Gasteiger partial charge in [-0.3, -0.25) is 0 Å². The second kappa shape index (κ2) is 6.83. The number of hydrogen-bond acceptors (Lipinski definition) is 6. The van der Waals surface area contributed by atoms with Gasteiger partial charge in [0.1, 0.15) is 18.0 Å². The molecule has 0 aliphatic heterocycles. The predicted molar refractivity (Wildman–Crippen MR) is 70.9 cm³/mol. The van der Waals surface area contributed by atoms with Crippen LogP contribution in [0.4, 0.5) is 4.79 Å². The van der Waals surface area contributed by atoms with E-state index in [1.54, 1.807) is 33.2 Å². The van der Waals surface area contributed by atoms with Crippen molar-refractivity contribution in [2.24, 2.45) is 0 Å². The van der Waals surface area contributed by atoms with Crippen LogP contribution in [0, 0.1) is 0 Å². The highest BCUT2D eigenvalue weighted by Gasteiger charge is 2.25. The smallest absolute Gasteiger partial charge is 0.408 e. The van der Waals surface area contributed by atoms with Gasteiger partial charge < -0.3 is 14.8 Å².